The van der Waals surface area contributed by atoms with Crippen molar-refractivity contribution in [3.63, 3.8) is 0 Å². The average molecular weight is 409 g/mol. The minimum atomic E-state index is -3.61. The van der Waals surface area contributed by atoms with E-state index in [9.17, 15) is 13.2 Å². The molecule has 0 aliphatic carbocycles. The normalized spacial score (nSPS) is 11.1. The number of amides is 1. The molecule has 9 heteroatoms. The van der Waals surface area contributed by atoms with Crippen LogP contribution in [0.3, 0.4) is 0 Å². The predicted molar refractivity (Wildman–Crippen MR) is 106 cm³/mol. The Morgan fingerprint density at radius 2 is 1.82 bits per heavy atom. The number of hydrogen-bond acceptors (Lipinski definition) is 6. The fourth-order valence-electron chi connectivity index (χ4n) is 2.69. The molecule has 1 amide bonds. The molecular weight excluding hydrogens is 382 g/mol. The Bertz CT molecular complexity index is 910. The van der Waals surface area contributed by atoms with Gasteiger partial charge in [-0.15, -0.1) is 0 Å². The Morgan fingerprint density at radius 1 is 1.18 bits per heavy atom. The van der Waals surface area contributed by atoms with Gasteiger partial charge in [0.15, 0.2) is 9.84 Å². The van der Waals surface area contributed by atoms with Crippen LogP contribution in [0, 0.1) is 6.92 Å². The average Bonchev–Trinajstić information content (AvgIpc) is 2.65. The number of carbonyl (C=O) groups is 1. The standard InChI is InChI=1S/C19H25N3O5S/c1-4-21(5-2)16-6-7-18(15(3)14-16)20-19(23)27-12-13-28(25,26)17-8-10-22(24)11-9-17/h6-11,14H,4-5,12-13H2,1-3H3,(H-,20,23,24)/p+1. The number of nitrogens with one attached hydrogen (secondary N) is 1. The van der Waals surface area contributed by atoms with E-state index in [1.807, 2.05) is 19.1 Å². The van der Waals surface area contributed by atoms with Crippen molar-refractivity contribution in [3.8, 4) is 0 Å². The molecule has 0 saturated carbocycles. The third-order valence-corrected chi connectivity index (χ3v) is 6.00. The molecule has 0 saturated heterocycles. The molecule has 0 fully saturated rings. The van der Waals surface area contributed by atoms with Gasteiger partial charge in [-0.05, 0) is 44.5 Å². The molecule has 1 aromatic heterocycles. The molecule has 2 N–H and O–H groups in total. The van der Waals surface area contributed by atoms with Crippen LogP contribution in [0.2, 0.25) is 0 Å². The van der Waals surface area contributed by atoms with Crippen molar-refractivity contribution >= 4 is 27.3 Å². The highest BCUT2D eigenvalue weighted by molar-refractivity contribution is 7.91. The van der Waals surface area contributed by atoms with Crippen molar-refractivity contribution in [2.45, 2.75) is 25.7 Å². The molecule has 28 heavy (non-hydrogen) atoms. The van der Waals surface area contributed by atoms with Crippen LogP contribution < -0.4 is 14.9 Å². The largest absolute Gasteiger partial charge is 0.448 e. The number of benzene rings is 1. The van der Waals surface area contributed by atoms with Crippen molar-refractivity contribution in [1.82, 2.24) is 0 Å². The second kappa shape index (κ2) is 9.41. The summed E-state index contributed by atoms with van der Waals surface area (Å²) in [5.41, 5.74) is 2.56. The fraction of sp³-hybridized carbons (Fsp3) is 0.368. The topological polar surface area (TPSA) is 99.8 Å². The number of sulfone groups is 1. The van der Waals surface area contributed by atoms with Gasteiger partial charge in [-0.1, -0.05) is 0 Å². The minimum absolute atomic E-state index is 0.0460. The summed E-state index contributed by atoms with van der Waals surface area (Å²) in [6.07, 6.45) is 1.71. The highest BCUT2D eigenvalue weighted by Gasteiger charge is 2.17. The van der Waals surface area contributed by atoms with E-state index >= 15 is 0 Å². The molecule has 0 atom stereocenters. The third-order valence-electron chi connectivity index (χ3n) is 4.30. The number of nitrogens with zero attached hydrogens (tertiary/aromatic N) is 2. The van der Waals surface area contributed by atoms with E-state index in [2.05, 4.69) is 24.1 Å². The van der Waals surface area contributed by atoms with Gasteiger partial charge in [-0.3, -0.25) is 10.5 Å². The van der Waals surface area contributed by atoms with Crippen LogP contribution in [0.25, 0.3) is 0 Å². The lowest BCUT2D eigenvalue weighted by Crippen LogP contribution is -2.28. The van der Waals surface area contributed by atoms with Gasteiger partial charge in [0, 0.05) is 41.3 Å². The molecule has 2 aromatic rings. The quantitative estimate of drug-likeness (QED) is 0.514. The summed E-state index contributed by atoms with van der Waals surface area (Å²) < 4.78 is 30.1. The zero-order chi connectivity index (χ0) is 20.7. The molecule has 0 aliphatic heterocycles. The smallest absolute Gasteiger partial charge is 0.411 e. The van der Waals surface area contributed by atoms with E-state index in [0.717, 1.165) is 29.1 Å². The Morgan fingerprint density at radius 3 is 2.39 bits per heavy atom. The highest BCUT2D eigenvalue weighted by atomic mass is 32.2. The molecule has 0 unspecified atom stereocenters. The summed E-state index contributed by atoms with van der Waals surface area (Å²) >= 11 is 0. The molecule has 0 radical (unpaired) electrons. The summed E-state index contributed by atoms with van der Waals surface area (Å²) in [5, 5.41) is 11.8. The second-order valence-corrected chi connectivity index (χ2v) is 8.27. The Labute approximate surface area is 165 Å². The lowest BCUT2D eigenvalue weighted by molar-refractivity contribution is -0.905. The highest BCUT2D eigenvalue weighted by Crippen LogP contribution is 2.22. The SMILES string of the molecule is CCN(CC)c1ccc(NC(=O)OCCS(=O)(=O)c2cc[n+](O)cc2)c(C)c1. The molecule has 0 aliphatic rings. The summed E-state index contributed by atoms with van der Waals surface area (Å²) in [5.74, 6) is -0.351. The minimum Gasteiger partial charge on any atom is -0.448 e. The van der Waals surface area contributed by atoms with Crippen LogP contribution >= 0.6 is 0 Å². The Balaban J connectivity index is 1.91. The van der Waals surface area contributed by atoms with Crippen molar-refractivity contribution in [2.24, 2.45) is 0 Å². The van der Waals surface area contributed by atoms with E-state index in [-0.39, 0.29) is 17.3 Å². The molecule has 0 bridgehead atoms. The predicted octanol–water partition coefficient (Wildman–Crippen LogP) is 2.39. The summed E-state index contributed by atoms with van der Waals surface area (Å²) in [6.45, 7) is 7.54. The van der Waals surface area contributed by atoms with Crippen LogP contribution in [-0.4, -0.2) is 45.2 Å². The van der Waals surface area contributed by atoms with Crippen LogP contribution in [0.1, 0.15) is 19.4 Å². The van der Waals surface area contributed by atoms with Crippen molar-refractivity contribution < 1.29 is 27.9 Å². The number of anilines is 2. The first-order valence-corrected chi connectivity index (χ1v) is 10.6. The molecule has 8 nitrogen and oxygen atoms in total. The van der Waals surface area contributed by atoms with Gasteiger partial charge in [0.05, 0.1) is 10.6 Å². The Kier molecular flexibility index (Phi) is 7.22. The summed E-state index contributed by atoms with van der Waals surface area (Å²) in [6, 6.07) is 8.25. The molecule has 1 heterocycles. The first-order valence-electron chi connectivity index (χ1n) is 8.99. The van der Waals surface area contributed by atoms with Gasteiger partial charge in [-0.2, -0.15) is 0 Å². The van der Waals surface area contributed by atoms with Gasteiger partial charge < -0.3 is 9.64 Å². The monoisotopic (exact) mass is 408 g/mol. The number of carbonyl (C=O) groups excluding carboxylic acids is 1. The van der Waals surface area contributed by atoms with Crippen molar-refractivity contribution in [2.75, 3.05) is 35.7 Å². The molecular formula is C19H26N3O5S+. The maximum atomic E-state index is 12.2. The van der Waals surface area contributed by atoms with Gasteiger partial charge in [0.25, 0.3) is 0 Å². The zero-order valence-corrected chi connectivity index (χ0v) is 17.1. The van der Waals surface area contributed by atoms with Crippen molar-refractivity contribution in [3.05, 3.63) is 48.3 Å². The number of ether oxygens (including phenoxy) is 1. The maximum absolute atomic E-state index is 12.2. The summed E-state index contributed by atoms with van der Waals surface area (Å²) in [7, 11) is -3.61. The zero-order valence-electron chi connectivity index (χ0n) is 16.3. The van der Waals surface area contributed by atoms with Gasteiger partial charge in [0.2, 0.25) is 12.4 Å². The fourth-order valence-corrected chi connectivity index (χ4v) is 3.77. The molecule has 0 spiro atoms. The molecule has 152 valence electrons. The van der Waals surface area contributed by atoms with Crippen LogP contribution in [0.5, 0.6) is 0 Å². The first kappa shape index (κ1) is 21.5. The number of pyridine rings is 1. The number of aryl methyl sites for hydroxylation is 1. The first-order chi connectivity index (χ1) is 13.3. The number of rotatable bonds is 8. The second-order valence-electron chi connectivity index (χ2n) is 6.17. The van der Waals surface area contributed by atoms with E-state index in [1.54, 1.807) is 6.07 Å². The lowest BCUT2D eigenvalue weighted by atomic mass is 10.1. The van der Waals surface area contributed by atoms with E-state index < -0.39 is 15.9 Å². The Hall–Kier alpha value is -2.81. The maximum Gasteiger partial charge on any atom is 0.411 e. The van der Waals surface area contributed by atoms with Crippen LogP contribution in [0.4, 0.5) is 16.2 Å². The van der Waals surface area contributed by atoms with Crippen LogP contribution in [-0.2, 0) is 14.6 Å². The number of hydrogen-bond donors (Lipinski definition) is 2. The summed E-state index contributed by atoms with van der Waals surface area (Å²) in [4.78, 5) is 14.2. The van der Waals surface area contributed by atoms with Gasteiger partial charge in [-0.25, -0.2) is 13.2 Å². The van der Waals surface area contributed by atoms with E-state index in [1.165, 1.54) is 24.5 Å². The van der Waals surface area contributed by atoms with Gasteiger partial charge in [0.1, 0.15) is 6.61 Å². The van der Waals surface area contributed by atoms with Crippen molar-refractivity contribution in [1.29, 1.82) is 0 Å². The third kappa shape index (κ3) is 5.59. The lowest BCUT2D eigenvalue weighted by Gasteiger charge is -2.22. The van der Waals surface area contributed by atoms with Gasteiger partial charge >= 0.3 is 6.09 Å². The number of aromatic nitrogens is 1. The van der Waals surface area contributed by atoms with E-state index in [4.69, 9.17) is 9.94 Å². The van der Waals surface area contributed by atoms with Crippen LogP contribution in [0.15, 0.2) is 47.6 Å². The van der Waals surface area contributed by atoms with E-state index in [0.29, 0.717) is 5.69 Å². The molecule has 2 rings (SSSR count). The molecule has 1 aromatic carbocycles.